The number of ether oxygens (including phenoxy) is 1. The fourth-order valence-corrected chi connectivity index (χ4v) is 1.98. The molecule has 4 nitrogen and oxygen atoms in total. The first-order valence-corrected chi connectivity index (χ1v) is 7.35. The summed E-state index contributed by atoms with van der Waals surface area (Å²) >= 11 is 0. The van der Waals surface area contributed by atoms with Crippen LogP contribution in [0, 0.1) is 18.3 Å². The first kappa shape index (κ1) is 16.3. The summed E-state index contributed by atoms with van der Waals surface area (Å²) in [6.45, 7) is 4.48. The van der Waals surface area contributed by atoms with Crippen molar-refractivity contribution in [3.8, 4) is 11.8 Å². The van der Waals surface area contributed by atoms with Crippen LogP contribution in [0.5, 0.6) is 5.75 Å². The summed E-state index contributed by atoms with van der Waals surface area (Å²) in [6.07, 6.45) is 1.57. The molecule has 0 aliphatic heterocycles. The third-order valence-electron chi connectivity index (χ3n) is 3.18. The Bertz CT molecular complexity index is 738. The van der Waals surface area contributed by atoms with Crippen molar-refractivity contribution in [3.63, 3.8) is 0 Å². The van der Waals surface area contributed by atoms with Gasteiger partial charge in [0.25, 0.3) is 5.91 Å². The van der Waals surface area contributed by atoms with Crippen LogP contribution in [-0.2, 0) is 4.79 Å². The molecule has 2 aromatic carbocycles. The normalized spacial score (nSPS) is 10.7. The Morgan fingerprint density at radius 1 is 1.17 bits per heavy atom. The van der Waals surface area contributed by atoms with E-state index in [4.69, 9.17) is 4.74 Å². The molecule has 23 heavy (non-hydrogen) atoms. The highest BCUT2D eigenvalue weighted by atomic mass is 16.5. The number of nitrogens with zero attached hydrogens (tertiary/aromatic N) is 1. The first-order chi connectivity index (χ1) is 11.1. The topological polar surface area (TPSA) is 62.1 Å². The van der Waals surface area contributed by atoms with Gasteiger partial charge in [-0.2, -0.15) is 5.26 Å². The second-order valence-electron chi connectivity index (χ2n) is 4.99. The smallest absolute Gasteiger partial charge is 0.266 e. The highest BCUT2D eigenvalue weighted by Gasteiger charge is 2.09. The molecule has 1 amide bonds. The molecular weight excluding hydrogens is 288 g/mol. The average molecular weight is 306 g/mol. The van der Waals surface area contributed by atoms with Gasteiger partial charge in [-0.3, -0.25) is 4.79 Å². The van der Waals surface area contributed by atoms with Gasteiger partial charge in [0.15, 0.2) is 0 Å². The summed E-state index contributed by atoms with van der Waals surface area (Å²) < 4.78 is 5.35. The highest BCUT2D eigenvalue weighted by molar-refractivity contribution is 6.09. The molecule has 0 fully saturated rings. The Morgan fingerprint density at radius 3 is 2.39 bits per heavy atom. The van der Waals surface area contributed by atoms with Crippen LogP contribution in [0.4, 0.5) is 5.69 Å². The molecule has 4 heteroatoms. The zero-order chi connectivity index (χ0) is 16.7. The van der Waals surface area contributed by atoms with Crippen molar-refractivity contribution in [2.75, 3.05) is 11.9 Å². The molecule has 0 saturated heterocycles. The minimum Gasteiger partial charge on any atom is -0.494 e. The number of nitriles is 1. The predicted octanol–water partition coefficient (Wildman–Crippen LogP) is 3.94. The number of carbonyl (C=O) groups is 1. The molecule has 0 aliphatic carbocycles. The van der Waals surface area contributed by atoms with Crippen LogP contribution in [0.3, 0.4) is 0 Å². The summed E-state index contributed by atoms with van der Waals surface area (Å²) in [7, 11) is 0. The summed E-state index contributed by atoms with van der Waals surface area (Å²) in [5.41, 5.74) is 2.61. The maximum absolute atomic E-state index is 12.2. The van der Waals surface area contributed by atoms with Crippen LogP contribution in [0.1, 0.15) is 18.1 Å². The number of amides is 1. The van der Waals surface area contributed by atoms with Crippen molar-refractivity contribution in [2.24, 2.45) is 0 Å². The number of hydrogen-bond acceptors (Lipinski definition) is 3. The number of aryl methyl sites for hydroxylation is 1. The van der Waals surface area contributed by atoms with Crippen LogP contribution < -0.4 is 10.1 Å². The second-order valence-corrected chi connectivity index (χ2v) is 4.99. The Kier molecular flexibility index (Phi) is 5.54. The van der Waals surface area contributed by atoms with Crippen molar-refractivity contribution in [1.82, 2.24) is 0 Å². The molecule has 2 aromatic rings. The number of nitrogens with one attached hydrogen (secondary N) is 1. The summed E-state index contributed by atoms with van der Waals surface area (Å²) in [4.78, 5) is 12.2. The lowest BCUT2D eigenvalue weighted by molar-refractivity contribution is -0.112. The van der Waals surface area contributed by atoms with Gasteiger partial charge in [0.1, 0.15) is 17.4 Å². The van der Waals surface area contributed by atoms with E-state index in [0.717, 1.165) is 16.9 Å². The van der Waals surface area contributed by atoms with E-state index in [1.54, 1.807) is 30.3 Å². The van der Waals surface area contributed by atoms with Crippen molar-refractivity contribution in [3.05, 3.63) is 65.2 Å². The Morgan fingerprint density at radius 2 is 1.83 bits per heavy atom. The standard InChI is InChI=1S/C19H18N2O2/c1-3-23-18-10-8-17(9-11-18)21-19(22)16(13-20)12-15-6-4-14(2)5-7-15/h4-12H,3H2,1-2H3,(H,21,22)/b16-12-. The fraction of sp³-hybridized carbons (Fsp3) is 0.158. The highest BCUT2D eigenvalue weighted by Crippen LogP contribution is 2.17. The Balaban J connectivity index is 2.11. The average Bonchev–Trinajstić information content (AvgIpc) is 2.56. The van der Waals surface area contributed by atoms with Crippen LogP contribution in [0.25, 0.3) is 6.08 Å². The van der Waals surface area contributed by atoms with Gasteiger partial charge in [-0.25, -0.2) is 0 Å². The Hall–Kier alpha value is -3.06. The third-order valence-corrected chi connectivity index (χ3v) is 3.18. The van der Waals surface area contributed by atoms with Crippen LogP contribution in [-0.4, -0.2) is 12.5 Å². The monoisotopic (exact) mass is 306 g/mol. The molecular formula is C19H18N2O2. The second kappa shape index (κ2) is 7.81. The molecule has 0 radical (unpaired) electrons. The number of rotatable bonds is 5. The fourth-order valence-electron chi connectivity index (χ4n) is 1.98. The lowest BCUT2D eigenvalue weighted by Crippen LogP contribution is -2.13. The van der Waals surface area contributed by atoms with Crippen molar-refractivity contribution in [1.29, 1.82) is 5.26 Å². The Labute approximate surface area is 136 Å². The van der Waals surface area contributed by atoms with E-state index in [2.05, 4.69) is 5.32 Å². The van der Waals surface area contributed by atoms with Crippen molar-refractivity contribution in [2.45, 2.75) is 13.8 Å². The lowest BCUT2D eigenvalue weighted by atomic mass is 10.1. The van der Waals surface area contributed by atoms with E-state index in [1.807, 2.05) is 44.2 Å². The lowest BCUT2D eigenvalue weighted by Gasteiger charge is -2.06. The maximum atomic E-state index is 12.2. The van der Waals surface area contributed by atoms with Crippen LogP contribution in [0.15, 0.2) is 54.1 Å². The molecule has 0 heterocycles. The van der Waals surface area contributed by atoms with Gasteiger partial charge in [-0.05, 0) is 49.8 Å². The van der Waals surface area contributed by atoms with Gasteiger partial charge in [-0.15, -0.1) is 0 Å². The molecule has 0 unspecified atom stereocenters. The van der Waals surface area contributed by atoms with E-state index >= 15 is 0 Å². The van der Waals surface area contributed by atoms with Crippen molar-refractivity contribution < 1.29 is 9.53 Å². The molecule has 0 spiro atoms. The number of benzene rings is 2. The van der Waals surface area contributed by atoms with Gasteiger partial charge in [0.2, 0.25) is 0 Å². The van der Waals surface area contributed by atoms with E-state index in [0.29, 0.717) is 12.3 Å². The molecule has 0 aliphatic rings. The van der Waals surface area contributed by atoms with Crippen LogP contribution in [0.2, 0.25) is 0 Å². The minimum atomic E-state index is -0.433. The number of hydrogen-bond donors (Lipinski definition) is 1. The molecule has 0 saturated carbocycles. The van der Waals surface area contributed by atoms with E-state index < -0.39 is 5.91 Å². The minimum absolute atomic E-state index is 0.0581. The summed E-state index contributed by atoms with van der Waals surface area (Å²) in [6, 6.07) is 16.6. The van der Waals surface area contributed by atoms with Gasteiger partial charge >= 0.3 is 0 Å². The zero-order valence-electron chi connectivity index (χ0n) is 13.2. The number of anilines is 1. The molecule has 2 rings (SSSR count). The SMILES string of the molecule is CCOc1ccc(NC(=O)/C(C#N)=C\c2ccc(C)cc2)cc1. The molecule has 0 aromatic heterocycles. The van der Waals surface area contributed by atoms with E-state index in [9.17, 15) is 10.1 Å². The van der Waals surface area contributed by atoms with E-state index in [1.165, 1.54) is 0 Å². The molecule has 116 valence electrons. The molecule has 0 bridgehead atoms. The largest absolute Gasteiger partial charge is 0.494 e. The molecule has 0 atom stereocenters. The maximum Gasteiger partial charge on any atom is 0.266 e. The van der Waals surface area contributed by atoms with Crippen LogP contribution >= 0.6 is 0 Å². The summed E-state index contributed by atoms with van der Waals surface area (Å²) in [5, 5.41) is 11.9. The van der Waals surface area contributed by atoms with Gasteiger partial charge in [0, 0.05) is 5.69 Å². The van der Waals surface area contributed by atoms with Gasteiger partial charge in [0.05, 0.1) is 6.61 Å². The van der Waals surface area contributed by atoms with E-state index in [-0.39, 0.29) is 5.57 Å². The quantitative estimate of drug-likeness (QED) is 0.672. The zero-order valence-corrected chi connectivity index (χ0v) is 13.2. The third kappa shape index (κ3) is 4.72. The number of carbonyl (C=O) groups excluding carboxylic acids is 1. The van der Waals surface area contributed by atoms with Crippen molar-refractivity contribution >= 4 is 17.7 Å². The predicted molar refractivity (Wildman–Crippen MR) is 91.0 cm³/mol. The van der Waals surface area contributed by atoms with Gasteiger partial charge in [-0.1, -0.05) is 29.8 Å². The summed E-state index contributed by atoms with van der Waals surface area (Å²) in [5.74, 6) is 0.304. The first-order valence-electron chi connectivity index (χ1n) is 7.35. The van der Waals surface area contributed by atoms with Gasteiger partial charge < -0.3 is 10.1 Å². The molecule has 1 N–H and O–H groups in total.